The summed E-state index contributed by atoms with van der Waals surface area (Å²) in [5.41, 5.74) is 1.62. The van der Waals surface area contributed by atoms with E-state index in [-0.39, 0.29) is 5.75 Å². The SMILES string of the molecule is Cc1ccc(O)c(-c2nc(N3CCN(C)CC3)no2)c1. The van der Waals surface area contributed by atoms with Crippen LogP contribution in [0.15, 0.2) is 22.7 Å². The van der Waals surface area contributed by atoms with Crippen LogP contribution in [-0.4, -0.2) is 53.4 Å². The van der Waals surface area contributed by atoms with Gasteiger partial charge in [0.1, 0.15) is 5.75 Å². The van der Waals surface area contributed by atoms with Crippen LogP contribution in [0.3, 0.4) is 0 Å². The Labute approximate surface area is 117 Å². The van der Waals surface area contributed by atoms with E-state index >= 15 is 0 Å². The first-order valence-corrected chi connectivity index (χ1v) is 6.70. The van der Waals surface area contributed by atoms with Gasteiger partial charge in [0.25, 0.3) is 11.8 Å². The molecule has 1 aromatic heterocycles. The van der Waals surface area contributed by atoms with Gasteiger partial charge in [-0.25, -0.2) is 0 Å². The summed E-state index contributed by atoms with van der Waals surface area (Å²) in [5.74, 6) is 1.11. The van der Waals surface area contributed by atoms with E-state index in [0.29, 0.717) is 17.4 Å². The maximum Gasteiger partial charge on any atom is 0.266 e. The van der Waals surface area contributed by atoms with Crippen molar-refractivity contribution in [2.45, 2.75) is 6.92 Å². The average molecular weight is 274 g/mol. The summed E-state index contributed by atoms with van der Waals surface area (Å²) in [6.07, 6.45) is 0. The van der Waals surface area contributed by atoms with Crippen molar-refractivity contribution in [2.24, 2.45) is 0 Å². The Kier molecular flexibility index (Phi) is 3.31. The van der Waals surface area contributed by atoms with Crippen molar-refractivity contribution in [1.82, 2.24) is 15.0 Å². The minimum absolute atomic E-state index is 0.157. The molecule has 0 atom stereocenters. The van der Waals surface area contributed by atoms with Gasteiger partial charge in [0.2, 0.25) is 0 Å². The zero-order valence-corrected chi connectivity index (χ0v) is 11.7. The van der Waals surface area contributed by atoms with Crippen molar-refractivity contribution in [2.75, 3.05) is 38.1 Å². The summed E-state index contributed by atoms with van der Waals surface area (Å²) < 4.78 is 5.29. The van der Waals surface area contributed by atoms with Crippen molar-refractivity contribution >= 4 is 5.95 Å². The summed E-state index contributed by atoms with van der Waals surface area (Å²) in [6.45, 7) is 5.70. The van der Waals surface area contributed by atoms with E-state index in [9.17, 15) is 5.11 Å². The van der Waals surface area contributed by atoms with Crippen LogP contribution in [0.2, 0.25) is 0 Å². The number of phenols is 1. The van der Waals surface area contributed by atoms with Crippen LogP contribution in [0.25, 0.3) is 11.5 Å². The van der Waals surface area contributed by atoms with E-state index in [2.05, 4.69) is 27.0 Å². The second-order valence-electron chi connectivity index (χ2n) is 5.21. The molecule has 1 N–H and O–H groups in total. The van der Waals surface area contributed by atoms with Crippen molar-refractivity contribution in [3.63, 3.8) is 0 Å². The summed E-state index contributed by atoms with van der Waals surface area (Å²) >= 11 is 0. The number of hydrogen-bond donors (Lipinski definition) is 1. The molecule has 0 radical (unpaired) electrons. The van der Waals surface area contributed by atoms with Crippen molar-refractivity contribution < 1.29 is 9.63 Å². The summed E-state index contributed by atoms with van der Waals surface area (Å²) in [6, 6.07) is 5.33. The first kappa shape index (κ1) is 12.9. The molecule has 6 nitrogen and oxygen atoms in total. The van der Waals surface area contributed by atoms with E-state index in [4.69, 9.17) is 4.52 Å². The first-order chi connectivity index (χ1) is 9.63. The van der Waals surface area contributed by atoms with Gasteiger partial charge in [-0.15, -0.1) is 0 Å². The Balaban J connectivity index is 1.85. The van der Waals surface area contributed by atoms with E-state index in [1.54, 1.807) is 6.07 Å². The molecule has 0 amide bonds. The van der Waals surface area contributed by atoms with Gasteiger partial charge in [0, 0.05) is 26.2 Å². The molecule has 0 spiro atoms. The van der Waals surface area contributed by atoms with Crippen LogP contribution in [0.5, 0.6) is 5.75 Å². The monoisotopic (exact) mass is 274 g/mol. The van der Waals surface area contributed by atoms with Crippen LogP contribution >= 0.6 is 0 Å². The molecule has 0 saturated carbocycles. The second kappa shape index (κ2) is 5.13. The molecule has 0 aliphatic carbocycles. The number of piperazine rings is 1. The second-order valence-corrected chi connectivity index (χ2v) is 5.21. The highest BCUT2D eigenvalue weighted by Gasteiger charge is 2.20. The van der Waals surface area contributed by atoms with Gasteiger partial charge in [-0.2, -0.15) is 4.98 Å². The molecule has 1 saturated heterocycles. The molecule has 106 valence electrons. The molecule has 2 heterocycles. The number of nitrogens with zero attached hydrogens (tertiary/aromatic N) is 4. The first-order valence-electron chi connectivity index (χ1n) is 6.70. The fourth-order valence-corrected chi connectivity index (χ4v) is 2.28. The Morgan fingerprint density at radius 1 is 1.20 bits per heavy atom. The van der Waals surface area contributed by atoms with Gasteiger partial charge in [-0.3, -0.25) is 0 Å². The molecule has 1 aliphatic heterocycles. The lowest BCUT2D eigenvalue weighted by Gasteiger charge is -2.31. The largest absolute Gasteiger partial charge is 0.507 e. The Bertz CT molecular complexity index is 603. The number of phenolic OH excluding ortho intramolecular Hbond substituents is 1. The molecule has 0 bridgehead atoms. The average Bonchev–Trinajstić information content (AvgIpc) is 2.92. The molecule has 1 aliphatic rings. The number of rotatable bonds is 2. The summed E-state index contributed by atoms with van der Waals surface area (Å²) in [4.78, 5) is 8.77. The van der Waals surface area contributed by atoms with Crippen molar-refractivity contribution in [1.29, 1.82) is 0 Å². The van der Waals surface area contributed by atoms with E-state index in [1.807, 2.05) is 19.1 Å². The van der Waals surface area contributed by atoms with Crippen LogP contribution < -0.4 is 4.90 Å². The number of benzene rings is 1. The minimum atomic E-state index is 0.157. The fraction of sp³-hybridized carbons (Fsp3) is 0.429. The molecular weight excluding hydrogens is 256 g/mol. The lowest BCUT2D eigenvalue weighted by Crippen LogP contribution is -2.44. The molecule has 6 heteroatoms. The highest BCUT2D eigenvalue weighted by atomic mass is 16.5. The lowest BCUT2D eigenvalue weighted by molar-refractivity contribution is 0.309. The number of anilines is 1. The zero-order chi connectivity index (χ0) is 14.1. The van der Waals surface area contributed by atoms with Gasteiger partial charge in [0.15, 0.2) is 0 Å². The standard InChI is InChI=1S/C14H18N4O2/c1-10-3-4-12(19)11(9-10)13-15-14(16-20-13)18-7-5-17(2)6-8-18/h3-4,9,19H,5-8H2,1-2H3. The third-order valence-corrected chi connectivity index (χ3v) is 3.58. The van der Waals surface area contributed by atoms with Gasteiger partial charge in [-0.1, -0.05) is 11.6 Å². The highest BCUT2D eigenvalue weighted by molar-refractivity contribution is 5.63. The third-order valence-electron chi connectivity index (χ3n) is 3.58. The normalized spacial score (nSPS) is 16.6. The van der Waals surface area contributed by atoms with Crippen LogP contribution in [-0.2, 0) is 0 Å². The summed E-state index contributed by atoms with van der Waals surface area (Å²) in [5, 5.41) is 13.9. The van der Waals surface area contributed by atoms with Gasteiger partial charge >= 0.3 is 0 Å². The Morgan fingerprint density at radius 3 is 2.70 bits per heavy atom. The minimum Gasteiger partial charge on any atom is -0.507 e. The Morgan fingerprint density at radius 2 is 1.95 bits per heavy atom. The maximum absolute atomic E-state index is 9.89. The number of hydrogen-bond acceptors (Lipinski definition) is 6. The predicted octanol–water partition coefficient (Wildman–Crippen LogP) is 1.50. The van der Waals surface area contributed by atoms with Crippen LogP contribution in [0, 0.1) is 6.92 Å². The van der Waals surface area contributed by atoms with Crippen LogP contribution in [0.1, 0.15) is 5.56 Å². The Hall–Kier alpha value is -2.08. The van der Waals surface area contributed by atoms with E-state index in [1.165, 1.54) is 0 Å². The lowest BCUT2D eigenvalue weighted by atomic mass is 10.1. The fourth-order valence-electron chi connectivity index (χ4n) is 2.28. The highest BCUT2D eigenvalue weighted by Crippen LogP contribution is 2.29. The smallest absolute Gasteiger partial charge is 0.266 e. The van der Waals surface area contributed by atoms with Crippen molar-refractivity contribution in [3.8, 4) is 17.2 Å². The topological polar surface area (TPSA) is 65.6 Å². The molecule has 3 rings (SSSR count). The van der Waals surface area contributed by atoms with E-state index in [0.717, 1.165) is 31.7 Å². The maximum atomic E-state index is 9.89. The van der Waals surface area contributed by atoms with Crippen molar-refractivity contribution in [3.05, 3.63) is 23.8 Å². The number of aryl methyl sites for hydroxylation is 1. The third kappa shape index (κ3) is 2.46. The number of aromatic nitrogens is 2. The predicted molar refractivity (Wildman–Crippen MR) is 75.8 cm³/mol. The molecule has 0 unspecified atom stereocenters. The van der Waals surface area contributed by atoms with Crippen LogP contribution in [0.4, 0.5) is 5.95 Å². The molecule has 20 heavy (non-hydrogen) atoms. The quantitative estimate of drug-likeness (QED) is 0.895. The molecule has 1 aromatic carbocycles. The van der Waals surface area contributed by atoms with Gasteiger partial charge < -0.3 is 19.4 Å². The van der Waals surface area contributed by atoms with E-state index < -0.39 is 0 Å². The zero-order valence-electron chi connectivity index (χ0n) is 11.7. The number of aromatic hydroxyl groups is 1. The number of likely N-dealkylation sites (N-methyl/N-ethyl adjacent to an activating group) is 1. The van der Waals surface area contributed by atoms with Gasteiger partial charge in [0.05, 0.1) is 5.56 Å². The molecule has 2 aromatic rings. The summed E-state index contributed by atoms with van der Waals surface area (Å²) in [7, 11) is 2.10. The molecular formula is C14H18N4O2. The van der Waals surface area contributed by atoms with Gasteiger partial charge in [-0.05, 0) is 31.3 Å². The molecule has 1 fully saturated rings.